The highest BCUT2D eigenvalue weighted by atomic mass is 16.6. The van der Waals surface area contributed by atoms with Gasteiger partial charge < -0.3 is 20.1 Å². The van der Waals surface area contributed by atoms with E-state index in [0.29, 0.717) is 18.4 Å². The zero-order valence-electron chi connectivity index (χ0n) is 24.7. The number of amides is 1. The molecule has 10 nitrogen and oxygen atoms in total. The average Bonchev–Trinajstić information content (AvgIpc) is 3.59. The van der Waals surface area contributed by atoms with Crippen molar-refractivity contribution in [3.8, 4) is 22.8 Å². The summed E-state index contributed by atoms with van der Waals surface area (Å²) in [6.07, 6.45) is 4.30. The molecule has 0 radical (unpaired) electrons. The molecular weight excluding hydrogens is 530 g/mol. The van der Waals surface area contributed by atoms with Crippen LogP contribution in [0.4, 0.5) is 10.6 Å². The predicted molar refractivity (Wildman–Crippen MR) is 162 cm³/mol. The zero-order valence-corrected chi connectivity index (χ0v) is 24.7. The summed E-state index contributed by atoms with van der Waals surface area (Å²) in [6.45, 7) is 10.1. The van der Waals surface area contributed by atoms with Crippen molar-refractivity contribution in [3.05, 3.63) is 60.9 Å². The molecule has 2 aliphatic rings. The van der Waals surface area contributed by atoms with Crippen LogP contribution in [-0.4, -0.2) is 73.0 Å². The van der Waals surface area contributed by atoms with E-state index in [1.54, 1.807) is 0 Å². The molecule has 1 aliphatic heterocycles. The fourth-order valence-corrected chi connectivity index (χ4v) is 6.16. The third-order valence-electron chi connectivity index (χ3n) is 8.15. The third-order valence-corrected chi connectivity index (χ3v) is 8.15. The van der Waals surface area contributed by atoms with Crippen molar-refractivity contribution in [1.82, 2.24) is 29.5 Å². The van der Waals surface area contributed by atoms with Crippen LogP contribution < -0.4 is 10.5 Å². The molecule has 2 N–H and O–H groups in total. The number of nitrogens with zero attached hydrogens (tertiary/aromatic N) is 6. The molecule has 3 heterocycles. The molecule has 1 saturated heterocycles. The number of nitrogens with two attached hydrogens (primary N) is 1. The van der Waals surface area contributed by atoms with Crippen molar-refractivity contribution < 1.29 is 14.3 Å². The van der Waals surface area contributed by atoms with Crippen LogP contribution in [0.25, 0.3) is 22.3 Å². The van der Waals surface area contributed by atoms with Crippen molar-refractivity contribution in [2.45, 2.75) is 70.7 Å². The van der Waals surface area contributed by atoms with E-state index in [9.17, 15) is 4.79 Å². The second-order valence-corrected chi connectivity index (χ2v) is 12.3. The average molecular weight is 570 g/mol. The molecule has 0 bridgehead atoms. The van der Waals surface area contributed by atoms with E-state index in [2.05, 4.69) is 26.5 Å². The Labute approximate surface area is 246 Å². The monoisotopic (exact) mass is 569 g/mol. The summed E-state index contributed by atoms with van der Waals surface area (Å²) < 4.78 is 13.7. The third kappa shape index (κ3) is 5.76. The molecular formula is C32H39N7O3. The Hall–Kier alpha value is -4.18. The van der Waals surface area contributed by atoms with E-state index in [0.717, 1.165) is 66.1 Å². The fraction of sp³-hybridized carbons (Fsp3) is 0.438. The molecule has 1 aliphatic carbocycles. The Morgan fingerprint density at radius 1 is 0.952 bits per heavy atom. The summed E-state index contributed by atoms with van der Waals surface area (Å²) in [5, 5.41) is 5.86. The number of benzene rings is 2. The van der Waals surface area contributed by atoms with Gasteiger partial charge >= 0.3 is 6.09 Å². The maximum absolute atomic E-state index is 12.7. The number of piperazine rings is 1. The molecule has 3 atom stereocenters. The van der Waals surface area contributed by atoms with Crippen LogP contribution in [0.2, 0.25) is 0 Å². The lowest BCUT2D eigenvalue weighted by atomic mass is 10.1. The quantitative estimate of drug-likeness (QED) is 0.316. The Bertz CT molecular complexity index is 1550. The standard InChI is InChI=1S/C32H39N7O3/c1-21-19-37(16-17-38(21)31(40)42-32(2,3)4)23-12-13-24(18-23)39-30-27(29(33)34-20-35-30)28(36-39)22-10-14-26(15-11-22)41-25-8-6-5-7-9-25/h5-11,14-15,20-21,23-24H,12-13,16-19H2,1-4H3,(H2,33,34,35)/t21-,23?,24?/m0/s1. The molecule has 1 saturated carbocycles. The number of hydrogen-bond acceptors (Lipinski definition) is 8. The number of rotatable bonds is 5. The van der Waals surface area contributed by atoms with Crippen LogP contribution in [0.1, 0.15) is 53.0 Å². The van der Waals surface area contributed by atoms with Gasteiger partial charge in [0.25, 0.3) is 0 Å². The lowest BCUT2D eigenvalue weighted by Gasteiger charge is -2.42. The lowest BCUT2D eigenvalue weighted by Crippen LogP contribution is -2.56. The second-order valence-electron chi connectivity index (χ2n) is 12.3. The van der Waals surface area contributed by atoms with Crippen LogP contribution >= 0.6 is 0 Å². The van der Waals surface area contributed by atoms with Gasteiger partial charge in [-0.15, -0.1) is 0 Å². The molecule has 2 aromatic heterocycles. The number of ether oxygens (including phenoxy) is 2. The van der Waals surface area contributed by atoms with E-state index in [4.69, 9.17) is 20.3 Å². The van der Waals surface area contributed by atoms with Gasteiger partial charge in [0, 0.05) is 37.3 Å². The number of para-hydroxylation sites is 1. The number of nitrogen functional groups attached to an aromatic ring is 1. The first-order valence-corrected chi connectivity index (χ1v) is 14.7. The van der Waals surface area contributed by atoms with Crippen molar-refractivity contribution in [3.63, 3.8) is 0 Å². The first-order chi connectivity index (χ1) is 20.2. The molecule has 10 heteroatoms. The maximum Gasteiger partial charge on any atom is 0.410 e. The van der Waals surface area contributed by atoms with Gasteiger partial charge in [-0.3, -0.25) is 4.90 Å². The number of carbonyl (C=O) groups excluding carboxylic acids is 1. The summed E-state index contributed by atoms with van der Waals surface area (Å²) in [4.78, 5) is 26.0. The number of hydrogen-bond donors (Lipinski definition) is 1. The second kappa shape index (κ2) is 11.2. The zero-order chi connectivity index (χ0) is 29.4. The topological polar surface area (TPSA) is 112 Å². The number of fused-ring (bicyclic) bond motifs is 1. The summed E-state index contributed by atoms with van der Waals surface area (Å²) in [5.74, 6) is 1.96. The van der Waals surface area contributed by atoms with E-state index in [1.807, 2.05) is 80.3 Å². The van der Waals surface area contributed by atoms with Crippen LogP contribution in [0, 0.1) is 0 Å². The normalized spacial score (nSPS) is 21.5. The molecule has 4 aromatic rings. The van der Waals surface area contributed by atoms with Crippen molar-refractivity contribution in [2.24, 2.45) is 0 Å². The van der Waals surface area contributed by atoms with E-state index < -0.39 is 5.60 Å². The molecule has 220 valence electrons. The Morgan fingerprint density at radius 3 is 2.38 bits per heavy atom. The smallest absolute Gasteiger partial charge is 0.410 e. The SMILES string of the molecule is C[C@H]1CN(C2CCC(n3nc(-c4ccc(Oc5ccccc5)cc4)c4c(N)ncnc43)C2)CCN1C(=O)OC(C)(C)C. The number of anilines is 1. The minimum Gasteiger partial charge on any atom is -0.457 e. The van der Waals surface area contributed by atoms with Crippen LogP contribution in [0.5, 0.6) is 11.5 Å². The van der Waals surface area contributed by atoms with Gasteiger partial charge in [-0.05, 0) is 83.4 Å². The first-order valence-electron chi connectivity index (χ1n) is 14.7. The first kappa shape index (κ1) is 28.0. The molecule has 0 spiro atoms. The molecule has 2 aromatic carbocycles. The van der Waals surface area contributed by atoms with E-state index in [-0.39, 0.29) is 18.2 Å². The Morgan fingerprint density at radius 2 is 1.67 bits per heavy atom. The molecule has 2 fully saturated rings. The highest BCUT2D eigenvalue weighted by Crippen LogP contribution is 2.39. The van der Waals surface area contributed by atoms with Gasteiger partial charge in [0.2, 0.25) is 0 Å². The van der Waals surface area contributed by atoms with Gasteiger partial charge in [-0.1, -0.05) is 18.2 Å². The van der Waals surface area contributed by atoms with E-state index in [1.165, 1.54) is 6.33 Å². The minimum atomic E-state index is -0.497. The van der Waals surface area contributed by atoms with Crippen molar-refractivity contribution in [2.75, 3.05) is 25.4 Å². The summed E-state index contributed by atoms with van der Waals surface area (Å²) in [5.41, 5.74) is 8.36. The van der Waals surface area contributed by atoms with Crippen LogP contribution in [0.3, 0.4) is 0 Å². The van der Waals surface area contributed by atoms with Crippen molar-refractivity contribution in [1.29, 1.82) is 0 Å². The molecule has 2 unspecified atom stereocenters. The van der Waals surface area contributed by atoms with Crippen LogP contribution in [-0.2, 0) is 4.74 Å². The van der Waals surface area contributed by atoms with Gasteiger partial charge in [0.15, 0.2) is 5.65 Å². The number of carbonyl (C=O) groups is 1. The van der Waals surface area contributed by atoms with Crippen LogP contribution in [0.15, 0.2) is 60.9 Å². The summed E-state index contributed by atoms with van der Waals surface area (Å²) >= 11 is 0. The Kier molecular flexibility index (Phi) is 7.49. The molecule has 1 amide bonds. The predicted octanol–water partition coefficient (Wildman–Crippen LogP) is 5.90. The highest BCUT2D eigenvalue weighted by Gasteiger charge is 2.37. The van der Waals surface area contributed by atoms with Gasteiger partial charge in [0.1, 0.15) is 34.9 Å². The minimum absolute atomic E-state index is 0.0890. The summed E-state index contributed by atoms with van der Waals surface area (Å²) in [6, 6.07) is 18.3. The van der Waals surface area contributed by atoms with Crippen molar-refractivity contribution >= 4 is 22.9 Å². The highest BCUT2D eigenvalue weighted by molar-refractivity contribution is 5.98. The molecule has 6 rings (SSSR count). The molecule has 42 heavy (non-hydrogen) atoms. The van der Waals surface area contributed by atoms with E-state index >= 15 is 0 Å². The van der Waals surface area contributed by atoms with Gasteiger partial charge in [0.05, 0.1) is 11.4 Å². The maximum atomic E-state index is 12.7. The lowest BCUT2D eigenvalue weighted by molar-refractivity contribution is -0.00424. The van der Waals surface area contributed by atoms with Gasteiger partial charge in [-0.25, -0.2) is 19.4 Å². The number of aromatic nitrogens is 4. The largest absolute Gasteiger partial charge is 0.457 e. The summed E-state index contributed by atoms with van der Waals surface area (Å²) in [7, 11) is 0. The fourth-order valence-electron chi connectivity index (χ4n) is 6.16. The Balaban J connectivity index is 1.18. The van der Waals surface area contributed by atoms with Gasteiger partial charge in [-0.2, -0.15) is 5.10 Å².